The van der Waals surface area contributed by atoms with E-state index in [0.29, 0.717) is 19.6 Å². The molecular formula is C12H21O4P. The predicted octanol–water partition coefficient (Wildman–Crippen LogP) is 3.32. The molecule has 0 bridgehead atoms. The number of ketones is 1. The maximum Gasteiger partial charge on any atom is 0.337 e. The quantitative estimate of drug-likeness (QED) is 0.687. The van der Waals surface area contributed by atoms with Gasteiger partial charge in [-0.05, 0) is 39.7 Å². The first-order valence-electron chi connectivity index (χ1n) is 6.15. The number of carbonyl (C=O) groups excluding carboxylic acids is 1. The van der Waals surface area contributed by atoms with Gasteiger partial charge in [0.15, 0.2) is 5.78 Å². The summed E-state index contributed by atoms with van der Waals surface area (Å²) in [5.41, 5.74) is 0.568. The maximum atomic E-state index is 12.5. The monoisotopic (exact) mass is 260 g/mol. The van der Waals surface area contributed by atoms with Crippen LogP contribution in [0.2, 0.25) is 0 Å². The zero-order chi connectivity index (χ0) is 12.9. The van der Waals surface area contributed by atoms with Gasteiger partial charge in [0.1, 0.15) is 0 Å². The standard InChI is InChI=1S/C12H21O4P/c1-4-15-17(14,16-5-2)10(3)11-7-6-8-12(13)9-11/h9-10H,4-8H2,1-3H3. The van der Waals surface area contributed by atoms with E-state index in [4.69, 9.17) is 9.05 Å². The van der Waals surface area contributed by atoms with Crippen molar-refractivity contribution in [2.45, 2.75) is 45.7 Å². The lowest BCUT2D eigenvalue weighted by atomic mass is 9.97. The van der Waals surface area contributed by atoms with Gasteiger partial charge >= 0.3 is 7.60 Å². The van der Waals surface area contributed by atoms with Crippen molar-refractivity contribution in [3.63, 3.8) is 0 Å². The number of hydrogen-bond acceptors (Lipinski definition) is 4. The second kappa shape index (κ2) is 6.48. The fourth-order valence-corrected chi connectivity index (χ4v) is 3.82. The molecule has 0 saturated carbocycles. The molecule has 1 aliphatic rings. The van der Waals surface area contributed by atoms with Gasteiger partial charge in [-0.3, -0.25) is 9.36 Å². The van der Waals surface area contributed by atoms with E-state index >= 15 is 0 Å². The first-order chi connectivity index (χ1) is 8.03. The highest BCUT2D eigenvalue weighted by molar-refractivity contribution is 7.54. The van der Waals surface area contributed by atoms with Crippen LogP contribution in [0.3, 0.4) is 0 Å². The van der Waals surface area contributed by atoms with Crippen LogP contribution in [0.1, 0.15) is 40.0 Å². The van der Waals surface area contributed by atoms with E-state index in [2.05, 4.69) is 0 Å². The summed E-state index contributed by atoms with van der Waals surface area (Å²) >= 11 is 0. The minimum absolute atomic E-state index is 0.109. The molecule has 17 heavy (non-hydrogen) atoms. The van der Waals surface area contributed by atoms with Crippen molar-refractivity contribution in [1.29, 1.82) is 0 Å². The molecule has 0 amide bonds. The number of hydrogen-bond donors (Lipinski definition) is 0. The molecule has 0 heterocycles. The van der Waals surface area contributed by atoms with E-state index in [-0.39, 0.29) is 11.4 Å². The lowest BCUT2D eigenvalue weighted by molar-refractivity contribution is -0.115. The van der Waals surface area contributed by atoms with Gasteiger partial charge in [-0.25, -0.2) is 0 Å². The van der Waals surface area contributed by atoms with Gasteiger partial charge in [0.25, 0.3) is 0 Å². The van der Waals surface area contributed by atoms with Crippen LogP contribution in [0, 0.1) is 0 Å². The fraction of sp³-hybridized carbons (Fsp3) is 0.750. The Kier molecular flexibility index (Phi) is 5.57. The highest BCUT2D eigenvalue weighted by atomic mass is 31.2. The number of carbonyl (C=O) groups is 1. The zero-order valence-corrected chi connectivity index (χ0v) is 11.7. The summed E-state index contributed by atoms with van der Waals surface area (Å²) in [4.78, 5) is 11.4. The summed E-state index contributed by atoms with van der Waals surface area (Å²) in [6.45, 7) is 6.10. The molecule has 0 fully saturated rings. The Labute approximate surface area is 103 Å². The fourth-order valence-electron chi connectivity index (χ4n) is 1.97. The topological polar surface area (TPSA) is 52.6 Å². The molecular weight excluding hydrogens is 239 g/mol. The SMILES string of the molecule is CCOP(=O)(OCC)C(C)C1=CC(=O)CCC1. The average molecular weight is 260 g/mol. The molecule has 5 heteroatoms. The van der Waals surface area contributed by atoms with Crippen LogP contribution in [-0.4, -0.2) is 24.7 Å². The number of allylic oxidation sites excluding steroid dienone is 2. The van der Waals surface area contributed by atoms with Crippen LogP contribution in [0.25, 0.3) is 0 Å². The molecule has 0 aromatic carbocycles. The second-order valence-corrected chi connectivity index (χ2v) is 6.46. The summed E-state index contributed by atoms with van der Waals surface area (Å²) < 4.78 is 23.1. The summed E-state index contributed by atoms with van der Waals surface area (Å²) in [5, 5.41) is 0. The van der Waals surface area contributed by atoms with Gasteiger partial charge in [-0.1, -0.05) is 5.57 Å². The molecule has 1 aliphatic carbocycles. The molecule has 0 aliphatic heterocycles. The van der Waals surface area contributed by atoms with Crippen LogP contribution in [0.5, 0.6) is 0 Å². The predicted molar refractivity (Wildman–Crippen MR) is 67.3 cm³/mol. The molecule has 0 saturated heterocycles. The van der Waals surface area contributed by atoms with E-state index in [0.717, 1.165) is 18.4 Å². The minimum Gasteiger partial charge on any atom is -0.308 e. The van der Waals surface area contributed by atoms with Crippen molar-refractivity contribution >= 4 is 13.4 Å². The normalized spacial score (nSPS) is 19.0. The lowest BCUT2D eigenvalue weighted by Crippen LogP contribution is -2.16. The van der Waals surface area contributed by atoms with Crippen LogP contribution < -0.4 is 0 Å². The molecule has 0 aromatic rings. The highest BCUT2D eigenvalue weighted by Crippen LogP contribution is 2.56. The van der Waals surface area contributed by atoms with Crippen molar-refractivity contribution in [2.24, 2.45) is 0 Å². The molecule has 1 atom stereocenters. The first kappa shape index (κ1) is 14.6. The van der Waals surface area contributed by atoms with Crippen LogP contribution in [0.4, 0.5) is 0 Å². The Morgan fingerprint density at radius 2 is 1.88 bits per heavy atom. The maximum absolute atomic E-state index is 12.5. The van der Waals surface area contributed by atoms with Crippen molar-refractivity contribution in [2.75, 3.05) is 13.2 Å². The van der Waals surface area contributed by atoms with Gasteiger partial charge in [0.05, 0.1) is 18.9 Å². The Morgan fingerprint density at radius 3 is 2.35 bits per heavy atom. The Bertz CT molecular complexity index is 338. The lowest BCUT2D eigenvalue weighted by Gasteiger charge is -2.26. The molecule has 0 aromatic heterocycles. The summed E-state index contributed by atoms with van der Waals surface area (Å²) in [6, 6.07) is 0. The van der Waals surface area contributed by atoms with Crippen molar-refractivity contribution < 1.29 is 18.4 Å². The minimum atomic E-state index is -3.13. The number of rotatable bonds is 6. The Hall–Kier alpha value is -0.440. The van der Waals surface area contributed by atoms with Gasteiger partial charge in [0.2, 0.25) is 0 Å². The summed E-state index contributed by atoms with van der Waals surface area (Å²) in [5.74, 6) is 0.109. The Balaban J connectivity index is 2.87. The third-order valence-corrected chi connectivity index (χ3v) is 5.38. The third-order valence-electron chi connectivity index (χ3n) is 2.86. The van der Waals surface area contributed by atoms with E-state index in [1.165, 1.54) is 0 Å². The van der Waals surface area contributed by atoms with Crippen molar-refractivity contribution in [3.8, 4) is 0 Å². The molecule has 0 N–H and O–H groups in total. The van der Waals surface area contributed by atoms with Crippen molar-refractivity contribution in [1.82, 2.24) is 0 Å². The summed E-state index contributed by atoms with van der Waals surface area (Å²) in [6.07, 6.45) is 3.83. The van der Waals surface area contributed by atoms with E-state index in [1.54, 1.807) is 19.9 Å². The molecule has 0 radical (unpaired) electrons. The molecule has 98 valence electrons. The zero-order valence-electron chi connectivity index (χ0n) is 10.8. The van der Waals surface area contributed by atoms with Gasteiger partial charge in [0, 0.05) is 6.42 Å². The van der Waals surface area contributed by atoms with Crippen LogP contribution in [-0.2, 0) is 18.4 Å². The highest BCUT2D eigenvalue weighted by Gasteiger charge is 2.35. The van der Waals surface area contributed by atoms with Crippen LogP contribution >= 0.6 is 7.60 Å². The molecule has 0 spiro atoms. The van der Waals surface area contributed by atoms with E-state index < -0.39 is 7.60 Å². The largest absolute Gasteiger partial charge is 0.337 e. The molecule has 1 rings (SSSR count). The smallest absolute Gasteiger partial charge is 0.308 e. The van der Waals surface area contributed by atoms with Crippen molar-refractivity contribution in [3.05, 3.63) is 11.6 Å². The Morgan fingerprint density at radius 1 is 1.29 bits per heavy atom. The van der Waals surface area contributed by atoms with E-state index in [9.17, 15) is 9.36 Å². The van der Waals surface area contributed by atoms with E-state index in [1.807, 2.05) is 6.92 Å². The first-order valence-corrected chi connectivity index (χ1v) is 7.76. The van der Waals surface area contributed by atoms with Crippen LogP contribution in [0.15, 0.2) is 11.6 Å². The van der Waals surface area contributed by atoms with Gasteiger partial charge in [-0.15, -0.1) is 0 Å². The third kappa shape index (κ3) is 3.77. The van der Waals surface area contributed by atoms with Gasteiger partial charge in [-0.2, -0.15) is 0 Å². The average Bonchev–Trinajstić information content (AvgIpc) is 2.28. The summed E-state index contributed by atoms with van der Waals surface area (Å²) in [7, 11) is -3.13. The molecule has 1 unspecified atom stereocenters. The second-order valence-electron chi connectivity index (χ2n) is 4.09. The van der Waals surface area contributed by atoms with Gasteiger partial charge < -0.3 is 9.05 Å². The molecule has 4 nitrogen and oxygen atoms in total.